The Balaban J connectivity index is 1.66. The SMILES string of the molecule is COc1ccc(C2C3C(=O)N(c4ccc([N+](=O)[O-])cc4)C(=O)C3ON2c2ccccc2)c(C(=O)O)c1OC. The maximum absolute atomic E-state index is 13.8. The van der Waals surface area contributed by atoms with Gasteiger partial charge in [-0.05, 0) is 35.9 Å². The molecule has 2 saturated heterocycles. The highest BCUT2D eigenvalue weighted by atomic mass is 16.7. The molecular formula is C26H21N3O9. The number of anilines is 2. The number of carbonyl (C=O) groups is 3. The number of amides is 2. The normalized spacial score (nSPS) is 20.4. The fourth-order valence-electron chi connectivity index (χ4n) is 4.92. The van der Waals surface area contributed by atoms with Crippen molar-refractivity contribution in [1.29, 1.82) is 0 Å². The number of ether oxygens (including phenoxy) is 2. The molecule has 12 nitrogen and oxygen atoms in total. The second-order valence-electron chi connectivity index (χ2n) is 8.51. The van der Waals surface area contributed by atoms with E-state index in [0.717, 1.165) is 4.90 Å². The number of carboxylic acids is 1. The highest BCUT2D eigenvalue weighted by molar-refractivity contribution is 6.24. The smallest absolute Gasteiger partial charge is 0.339 e. The topological polar surface area (TPSA) is 149 Å². The van der Waals surface area contributed by atoms with Crippen molar-refractivity contribution >= 4 is 34.8 Å². The van der Waals surface area contributed by atoms with Crippen LogP contribution in [0.2, 0.25) is 0 Å². The summed E-state index contributed by atoms with van der Waals surface area (Å²) in [4.78, 5) is 57.1. The quantitative estimate of drug-likeness (QED) is 0.280. The van der Waals surface area contributed by atoms with Crippen LogP contribution in [0.4, 0.5) is 17.1 Å². The number of aromatic carboxylic acids is 1. The summed E-state index contributed by atoms with van der Waals surface area (Å²) < 4.78 is 10.6. The number of nitro benzene ring substituents is 1. The first-order valence-corrected chi connectivity index (χ1v) is 11.4. The zero-order chi connectivity index (χ0) is 27.1. The van der Waals surface area contributed by atoms with Crippen LogP contribution in [0.15, 0.2) is 66.7 Å². The average molecular weight is 519 g/mol. The molecule has 0 radical (unpaired) electrons. The largest absolute Gasteiger partial charge is 0.493 e. The number of methoxy groups -OCH3 is 2. The zero-order valence-corrected chi connectivity index (χ0v) is 20.1. The van der Waals surface area contributed by atoms with E-state index in [0.29, 0.717) is 5.69 Å². The van der Waals surface area contributed by atoms with Crippen LogP contribution in [0.1, 0.15) is 22.0 Å². The highest BCUT2D eigenvalue weighted by Gasteiger charge is 2.61. The second-order valence-corrected chi connectivity index (χ2v) is 8.51. The number of para-hydroxylation sites is 1. The van der Waals surface area contributed by atoms with E-state index < -0.39 is 40.8 Å². The third-order valence-corrected chi connectivity index (χ3v) is 6.56. The molecule has 3 atom stereocenters. The molecule has 12 heteroatoms. The lowest BCUT2D eigenvalue weighted by molar-refractivity contribution is -0.384. The molecule has 3 aromatic carbocycles. The number of hydrogen-bond donors (Lipinski definition) is 1. The Morgan fingerprint density at radius 3 is 2.21 bits per heavy atom. The molecule has 2 amide bonds. The number of rotatable bonds is 7. The summed E-state index contributed by atoms with van der Waals surface area (Å²) >= 11 is 0. The van der Waals surface area contributed by atoms with Crippen LogP contribution >= 0.6 is 0 Å². The number of nitro groups is 1. The minimum Gasteiger partial charge on any atom is -0.493 e. The lowest BCUT2D eigenvalue weighted by Crippen LogP contribution is -2.37. The van der Waals surface area contributed by atoms with Crippen molar-refractivity contribution in [3.63, 3.8) is 0 Å². The molecule has 0 bridgehead atoms. The predicted molar refractivity (Wildman–Crippen MR) is 132 cm³/mol. The summed E-state index contributed by atoms with van der Waals surface area (Å²) in [5.41, 5.74) is 0.378. The lowest BCUT2D eigenvalue weighted by atomic mass is 9.87. The first-order valence-electron chi connectivity index (χ1n) is 11.4. The lowest BCUT2D eigenvalue weighted by Gasteiger charge is -2.30. The molecule has 5 rings (SSSR count). The van der Waals surface area contributed by atoms with E-state index in [9.17, 15) is 29.6 Å². The number of hydrogen-bond acceptors (Lipinski definition) is 9. The molecule has 0 spiro atoms. The molecule has 0 aliphatic carbocycles. The van der Waals surface area contributed by atoms with Gasteiger partial charge in [-0.15, -0.1) is 0 Å². The van der Waals surface area contributed by atoms with Crippen LogP contribution in [0.5, 0.6) is 11.5 Å². The number of benzene rings is 3. The summed E-state index contributed by atoms with van der Waals surface area (Å²) in [6.07, 6.45) is -1.27. The maximum Gasteiger partial charge on any atom is 0.339 e. The van der Waals surface area contributed by atoms with E-state index in [-0.39, 0.29) is 34.0 Å². The Bertz CT molecular complexity index is 1440. The molecular weight excluding hydrogens is 498 g/mol. The van der Waals surface area contributed by atoms with Gasteiger partial charge < -0.3 is 14.6 Å². The van der Waals surface area contributed by atoms with Gasteiger partial charge in [0.15, 0.2) is 17.6 Å². The minimum absolute atomic E-state index is 0.0436. The van der Waals surface area contributed by atoms with Gasteiger partial charge in [0, 0.05) is 12.1 Å². The van der Waals surface area contributed by atoms with Gasteiger partial charge in [0.2, 0.25) is 5.91 Å². The zero-order valence-electron chi connectivity index (χ0n) is 20.1. The van der Waals surface area contributed by atoms with Gasteiger partial charge in [-0.25, -0.2) is 14.8 Å². The molecule has 2 aliphatic heterocycles. The number of hydroxylamine groups is 1. The van der Waals surface area contributed by atoms with Crippen molar-refractivity contribution in [1.82, 2.24) is 0 Å². The summed E-state index contributed by atoms with van der Waals surface area (Å²) in [5.74, 6) is -3.63. The number of carbonyl (C=O) groups excluding carboxylic acids is 2. The van der Waals surface area contributed by atoms with Crippen LogP contribution in [-0.2, 0) is 14.4 Å². The first kappa shape index (κ1) is 24.7. The van der Waals surface area contributed by atoms with E-state index in [2.05, 4.69) is 0 Å². The average Bonchev–Trinajstić information content (AvgIpc) is 3.43. The van der Waals surface area contributed by atoms with Crippen LogP contribution < -0.4 is 19.4 Å². The van der Waals surface area contributed by atoms with Gasteiger partial charge in [0.05, 0.1) is 36.6 Å². The predicted octanol–water partition coefficient (Wildman–Crippen LogP) is 3.36. The fourth-order valence-corrected chi connectivity index (χ4v) is 4.92. The van der Waals surface area contributed by atoms with Crippen LogP contribution in [0.25, 0.3) is 0 Å². The van der Waals surface area contributed by atoms with Crippen molar-refractivity contribution < 1.29 is 38.7 Å². The van der Waals surface area contributed by atoms with Gasteiger partial charge in [-0.2, -0.15) is 0 Å². The molecule has 194 valence electrons. The van der Waals surface area contributed by atoms with Crippen LogP contribution in [0, 0.1) is 16.0 Å². The van der Waals surface area contributed by atoms with Crippen LogP contribution in [-0.4, -0.2) is 48.1 Å². The van der Waals surface area contributed by atoms with Gasteiger partial charge >= 0.3 is 5.97 Å². The standard InChI is InChI=1S/C26H21N3O9/c1-36-18-13-12-17(19(26(32)33)22(18)37-2)21-20-23(38-28(21)15-6-4-3-5-7-15)25(31)27(24(20)30)14-8-10-16(11-9-14)29(34)35/h3-13,20-21,23H,1-2H3,(H,32,33). The van der Waals surface area contributed by atoms with E-state index in [1.165, 1.54) is 55.7 Å². The number of carboxylic acid groups (broad SMARTS) is 1. The second kappa shape index (κ2) is 9.48. The Morgan fingerprint density at radius 2 is 1.63 bits per heavy atom. The molecule has 38 heavy (non-hydrogen) atoms. The molecule has 0 saturated carbocycles. The molecule has 0 aromatic heterocycles. The van der Waals surface area contributed by atoms with Crippen molar-refractivity contribution in [3.8, 4) is 11.5 Å². The molecule has 2 heterocycles. The van der Waals surface area contributed by atoms with Crippen LogP contribution in [0.3, 0.4) is 0 Å². The van der Waals surface area contributed by atoms with E-state index in [4.69, 9.17) is 14.3 Å². The van der Waals surface area contributed by atoms with Gasteiger partial charge in [-0.1, -0.05) is 24.3 Å². The Kier molecular flexibility index (Phi) is 6.17. The van der Waals surface area contributed by atoms with Crippen molar-refractivity contribution in [2.45, 2.75) is 12.1 Å². The van der Waals surface area contributed by atoms with E-state index >= 15 is 0 Å². The molecule has 1 N–H and O–H groups in total. The molecule has 3 aromatic rings. The monoisotopic (exact) mass is 519 g/mol. The van der Waals surface area contributed by atoms with Crippen molar-refractivity contribution in [3.05, 3.63) is 88.0 Å². The highest BCUT2D eigenvalue weighted by Crippen LogP contribution is 2.50. The van der Waals surface area contributed by atoms with Gasteiger partial charge in [0.1, 0.15) is 11.5 Å². The van der Waals surface area contributed by atoms with Crippen molar-refractivity contribution in [2.24, 2.45) is 5.92 Å². The molecule has 2 aliphatic rings. The summed E-state index contributed by atoms with van der Waals surface area (Å²) in [7, 11) is 2.67. The fraction of sp³-hybridized carbons (Fsp3) is 0.192. The number of non-ortho nitro benzene ring substituents is 1. The third kappa shape index (κ3) is 3.78. The van der Waals surface area contributed by atoms with Gasteiger partial charge in [0.25, 0.3) is 11.6 Å². The van der Waals surface area contributed by atoms with E-state index in [1.54, 1.807) is 30.3 Å². The third-order valence-electron chi connectivity index (χ3n) is 6.56. The Hall–Kier alpha value is -4.97. The summed E-state index contributed by atoms with van der Waals surface area (Å²) in [5, 5.41) is 22.6. The minimum atomic E-state index is -1.32. The van der Waals surface area contributed by atoms with E-state index in [1.807, 2.05) is 0 Å². The maximum atomic E-state index is 13.8. The number of nitrogens with zero attached hydrogens (tertiary/aromatic N) is 3. The Morgan fingerprint density at radius 1 is 0.947 bits per heavy atom. The number of imide groups is 1. The first-order chi connectivity index (χ1) is 18.3. The van der Waals surface area contributed by atoms with Crippen molar-refractivity contribution in [2.75, 3.05) is 24.2 Å². The summed E-state index contributed by atoms with van der Waals surface area (Å²) in [6.45, 7) is 0. The van der Waals surface area contributed by atoms with Gasteiger partial charge in [-0.3, -0.25) is 24.5 Å². The Labute approximate surface area is 215 Å². The molecule has 3 unspecified atom stereocenters. The number of fused-ring (bicyclic) bond motifs is 1. The molecule has 2 fully saturated rings. The summed E-state index contributed by atoms with van der Waals surface area (Å²) in [6, 6.07) is 15.6.